The Morgan fingerprint density at radius 1 is 0.550 bits per heavy atom. The van der Waals surface area contributed by atoms with Crippen molar-refractivity contribution >= 4 is 20.4 Å². The summed E-state index contributed by atoms with van der Waals surface area (Å²) >= 11 is 0. The Bertz CT molecular complexity index is 364. The largest absolute Gasteiger partial charge is 4.00 e. The molecule has 0 aliphatic carbocycles. The summed E-state index contributed by atoms with van der Waals surface area (Å²) < 4.78 is 0. The summed E-state index contributed by atoms with van der Waals surface area (Å²) in [5.74, 6) is 0. The molecule has 0 aliphatic rings. The van der Waals surface area contributed by atoms with Crippen LogP contribution in [-0.4, -0.2) is 20.4 Å². The van der Waals surface area contributed by atoms with Gasteiger partial charge in [-0.05, 0) is 0 Å². The monoisotopic (exact) mass is 306 g/mol. The number of hydrogen-bond acceptors (Lipinski definition) is 3. The maximum atomic E-state index is 7.75. The van der Waals surface area contributed by atoms with Gasteiger partial charge in [0.2, 0.25) is 0 Å². The molecule has 0 saturated carbocycles. The van der Waals surface area contributed by atoms with Gasteiger partial charge in [-0.15, -0.1) is 41.8 Å². The van der Waals surface area contributed by atoms with E-state index in [1.54, 1.807) is 0 Å². The van der Waals surface area contributed by atoms with E-state index >= 15 is 0 Å². The second-order valence-corrected chi connectivity index (χ2v) is 2.97. The Labute approximate surface area is 130 Å². The average molecular weight is 306 g/mol. The van der Waals surface area contributed by atoms with Crippen LogP contribution in [0.1, 0.15) is 11.1 Å². The second-order valence-electron chi connectivity index (χ2n) is 2.97. The van der Waals surface area contributed by atoms with Crippen molar-refractivity contribution in [1.82, 2.24) is 0 Å². The van der Waals surface area contributed by atoms with Crippen molar-refractivity contribution in [3.63, 3.8) is 0 Å². The van der Waals surface area contributed by atoms with Crippen LogP contribution in [0.3, 0.4) is 0 Å². The molecule has 0 atom stereocenters. The van der Waals surface area contributed by atoms with Crippen LogP contribution in [0.5, 0.6) is 0 Å². The molecule has 20 heavy (non-hydrogen) atoms. The van der Waals surface area contributed by atoms with Crippen molar-refractivity contribution in [2.75, 3.05) is 0 Å². The van der Waals surface area contributed by atoms with Gasteiger partial charge in [0.05, 0.1) is 0 Å². The zero-order valence-corrected chi connectivity index (χ0v) is 12.0. The SMILES string of the molecule is [CH-]=O.[CH-]=O.[CH-]=O.[Cr+4].c1ccc([CH-]c2ccccc2)cc1. The van der Waals surface area contributed by atoms with Gasteiger partial charge in [-0.2, -0.15) is 0 Å². The molecule has 2 aromatic rings. The summed E-state index contributed by atoms with van der Waals surface area (Å²) in [5, 5.41) is 0. The summed E-state index contributed by atoms with van der Waals surface area (Å²) in [6.07, 6.45) is 2.17. The molecule has 0 unspecified atom stereocenters. The molecule has 0 amide bonds. The number of rotatable bonds is 2. The smallest absolute Gasteiger partial charge is 0.545 e. The van der Waals surface area contributed by atoms with Crippen molar-refractivity contribution in [2.45, 2.75) is 0 Å². The topological polar surface area (TPSA) is 51.2 Å². The number of benzene rings is 2. The molecule has 0 spiro atoms. The third-order valence-electron chi connectivity index (χ3n) is 1.93. The van der Waals surface area contributed by atoms with E-state index in [1.807, 2.05) is 12.1 Å². The molecule has 0 radical (unpaired) electrons. The molecular formula is C16H14CrO3. The molecule has 0 bridgehead atoms. The molecule has 0 N–H and O–H groups in total. The molecule has 2 rings (SSSR count). The van der Waals surface area contributed by atoms with E-state index in [0.717, 1.165) is 0 Å². The summed E-state index contributed by atoms with van der Waals surface area (Å²) in [4.78, 5) is 23.2. The Kier molecular flexibility index (Phi) is 22.1. The fourth-order valence-corrected chi connectivity index (χ4v) is 1.29. The first-order valence-corrected chi connectivity index (χ1v) is 5.11. The van der Waals surface area contributed by atoms with Crippen molar-refractivity contribution < 1.29 is 31.7 Å². The van der Waals surface area contributed by atoms with Gasteiger partial charge in [0.15, 0.2) is 0 Å². The van der Waals surface area contributed by atoms with E-state index in [0.29, 0.717) is 0 Å². The van der Waals surface area contributed by atoms with Gasteiger partial charge in [0.25, 0.3) is 0 Å². The molecule has 0 fully saturated rings. The summed E-state index contributed by atoms with van der Waals surface area (Å²) in [5.41, 5.74) is 2.49. The minimum Gasteiger partial charge on any atom is -0.545 e. The van der Waals surface area contributed by atoms with Crippen LogP contribution in [0.4, 0.5) is 0 Å². The van der Waals surface area contributed by atoms with E-state index in [1.165, 1.54) is 11.1 Å². The van der Waals surface area contributed by atoms with Crippen LogP contribution in [0.15, 0.2) is 60.7 Å². The van der Waals surface area contributed by atoms with Crippen LogP contribution in [0.25, 0.3) is 0 Å². The maximum Gasteiger partial charge on any atom is 4.00 e. The van der Waals surface area contributed by atoms with Crippen LogP contribution in [0, 0.1) is 6.42 Å². The Morgan fingerprint density at radius 3 is 1.05 bits per heavy atom. The first kappa shape index (κ1) is 23.0. The van der Waals surface area contributed by atoms with Gasteiger partial charge in [-0.25, -0.2) is 0 Å². The molecule has 2 aromatic carbocycles. The minimum atomic E-state index is 0. The van der Waals surface area contributed by atoms with Gasteiger partial charge in [0, 0.05) is 0 Å². The fourth-order valence-electron chi connectivity index (χ4n) is 1.29. The standard InChI is InChI=1S/C13H11.3CHO.Cr/c1-3-7-12(8-4-1)11-13-9-5-2-6-10-13;3*1-2;/h1-11H;3*1H;/q4*-1;+4. The third kappa shape index (κ3) is 11.0. The molecular weight excluding hydrogens is 292 g/mol. The predicted octanol–water partition coefficient (Wildman–Crippen LogP) is 2.46. The van der Waals surface area contributed by atoms with Crippen LogP contribution in [-0.2, 0) is 31.7 Å². The van der Waals surface area contributed by atoms with Crippen LogP contribution >= 0.6 is 0 Å². The molecule has 102 valence electrons. The Hall–Kier alpha value is -2.15. The first-order valence-electron chi connectivity index (χ1n) is 5.11. The molecule has 3 nitrogen and oxygen atoms in total. The maximum absolute atomic E-state index is 7.75. The molecule has 0 saturated heterocycles. The number of carbonyl (C=O) groups excluding carboxylic acids is 3. The van der Waals surface area contributed by atoms with E-state index in [9.17, 15) is 0 Å². The first-order chi connectivity index (χ1) is 9.45. The zero-order chi connectivity index (χ0) is 14.9. The normalized spacial score (nSPS) is 6.80. The summed E-state index contributed by atoms with van der Waals surface area (Å²) in [7, 11) is 0. The minimum absolute atomic E-state index is 0. The Balaban J connectivity index is -0.000000368. The number of hydrogen-bond donors (Lipinski definition) is 0. The molecule has 4 heteroatoms. The van der Waals surface area contributed by atoms with Gasteiger partial charge < -0.3 is 14.4 Å². The quantitative estimate of drug-likeness (QED) is 0.632. The summed E-state index contributed by atoms with van der Waals surface area (Å²) in [6, 6.07) is 20.7. The van der Waals surface area contributed by atoms with Crippen molar-refractivity contribution in [2.24, 2.45) is 0 Å². The Morgan fingerprint density at radius 2 is 0.800 bits per heavy atom. The van der Waals surface area contributed by atoms with Crippen molar-refractivity contribution in [3.05, 3.63) is 78.2 Å². The zero-order valence-electron chi connectivity index (χ0n) is 10.7. The summed E-state index contributed by atoms with van der Waals surface area (Å²) in [6.45, 7) is 9.75. The second kappa shape index (κ2) is 19.2. The molecule has 0 aliphatic heterocycles. The molecule has 0 aromatic heterocycles. The van der Waals surface area contributed by atoms with Gasteiger partial charge >= 0.3 is 17.4 Å². The van der Waals surface area contributed by atoms with Gasteiger partial charge in [-0.1, -0.05) is 36.4 Å². The fraction of sp³-hybridized carbons (Fsp3) is 0. The molecule has 0 heterocycles. The predicted molar refractivity (Wildman–Crippen MR) is 75.6 cm³/mol. The van der Waals surface area contributed by atoms with E-state index in [-0.39, 0.29) is 17.4 Å². The van der Waals surface area contributed by atoms with Gasteiger partial charge in [-0.3, -0.25) is 20.4 Å². The van der Waals surface area contributed by atoms with E-state index in [4.69, 9.17) is 14.4 Å². The van der Waals surface area contributed by atoms with Gasteiger partial charge in [0.1, 0.15) is 0 Å². The van der Waals surface area contributed by atoms with E-state index in [2.05, 4.69) is 75.3 Å². The third-order valence-corrected chi connectivity index (χ3v) is 1.93. The van der Waals surface area contributed by atoms with Crippen LogP contribution < -0.4 is 0 Å². The van der Waals surface area contributed by atoms with Crippen molar-refractivity contribution in [1.29, 1.82) is 0 Å². The van der Waals surface area contributed by atoms with Crippen LogP contribution in [0.2, 0.25) is 0 Å². The average Bonchev–Trinajstić information content (AvgIpc) is 2.55. The van der Waals surface area contributed by atoms with Crippen molar-refractivity contribution in [3.8, 4) is 0 Å². The van der Waals surface area contributed by atoms with E-state index < -0.39 is 0 Å².